The van der Waals surface area contributed by atoms with E-state index in [2.05, 4.69) is 26.1 Å². The van der Waals surface area contributed by atoms with Gasteiger partial charge in [0.15, 0.2) is 0 Å². The lowest BCUT2D eigenvalue weighted by Crippen LogP contribution is -2.37. The summed E-state index contributed by atoms with van der Waals surface area (Å²) in [6.07, 6.45) is 1.75. The predicted octanol–water partition coefficient (Wildman–Crippen LogP) is 2.32. The lowest BCUT2D eigenvalue weighted by atomic mass is 9.89. The van der Waals surface area contributed by atoms with Crippen molar-refractivity contribution in [3.05, 3.63) is 29.8 Å². The van der Waals surface area contributed by atoms with Gasteiger partial charge in [-0.05, 0) is 42.9 Å². The van der Waals surface area contributed by atoms with Gasteiger partial charge in [0, 0.05) is 19.2 Å². The summed E-state index contributed by atoms with van der Waals surface area (Å²) in [7, 11) is 0. The van der Waals surface area contributed by atoms with E-state index in [-0.39, 0.29) is 12.0 Å². The van der Waals surface area contributed by atoms with Gasteiger partial charge < -0.3 is 15.5 Å². The van der Waals surface area contributed by atoms with E-state index in [0.717, 1.165) is 19.4 Å². The van der Waals surface area contributed by atoms with Crippen molar-refractivity contribution >= 4 is 0 Å². The fourth-order valence-electron chi connectivity index (χ4n) is 1.90. The number of aliphatic hydroxyl groups excluding tert-OH is 1. The van der Waals surface area contributed by atoms with Gasteiger partial charge in [-0.1, -0.05) is 26.0 Å². The molecule has 0 saturated heterocycles. The highest BCUT2D eigenvalue weighted by atomic mass is 16.3. The highest BCUT2D eigenvalue weighted by molar-refractivity contribution is 5.26. The minimum atomic E-state index is 0.123. The summed E-state index contributed by atoms with van der Waals surface area (Å²) >= 11 is 0. The fourth-order valence-corrected chi connectivity index (χ4v) is 1.90. The summed E-state index contributed by atoms with van der Waals surface area (Å²) in [5, 5.41) is 21.7. The van der Waals surface area contributed by atoms with Crippen molar-refractivity contribution in [3.63, 3.8) is 0 Å². The molecule has 3 nitrogen and oxygen atoms in total. The molecule has 0 spiro atoms. The summed E-state index contributed by atoms with van der Waals surface area (Å²) in [5.74, 6) is 0.309. The summed E-state index contributed by atoms with van der Waals surface area (Å²) in [5.41, 5.74) is 1.34. The first-order chi connectivity index (χ1) is 8.43. The third-order valence-electron chi connectivity index (χ3n) is 3.20. The van der Waals surface area contributed by atoms with Crippen LogP contribution in [0.2, 0.25) is 0 Å². The van der Waals surface area contributed by atoms with Crippen LogP contribution in [0, 0.1) is 5.41 Å². The Morgan fingerprint density at radius 2 is 1.83 bits per heavy atom. The van der Waals surface area contributed by atoms with Gasteiger partial charge in [0.05, 0.1) is 0 Å². The quantitative estimate of drug-likeness (QED) is 0.697. The highest BCUT2D eigenvalue weighted by Gasteiger charge is 2.17. The van der Waals surface area contributed by atoms with E-state index < -0.39 is 0 Å². The SMILES string of the molecule is CC(Cc1ccc(O)cc1)NCC(C)(C)CCO. The minimum Gasteiger partial charge on any atom is -0.508 e. The number of benzene rings is 1. The van der Waals surface area contributed by atoms with Crippen LogP contribution in [-0.2, 0) is 6.42 Å². The second kappa shape index (κ2) is 6.76. The molecule has 0 bridgehead atoms. The molecule has 0 amide bonds. The molecule has 0 fully saturated rings. The molecule has 1 rings (SSSR count). The van der Waals surface area contributed by atoms with Gasteiger partial charge in [-0.3, -0.25) is 0 Å². The second-order valence-corrected chi connectivity index (χ2v) is 5.79. The Hall–Kier alpha value is -1.06. The second-order valence-electron chi connectivity index (χ2n) is 5.79. The molecule has 0 saturated carbocycles. The van der Waals surface area contributed by atoms with Crippen molar-refractivity contribution in [2.75, 3.05) is 13.2 Å². The van der Waals surface area contributed by atoms with Crippen molar-refractivity contribution in [2.45, 2.75) is 39.7 Å². The van der Waals surface area contributed by atoms with Crippen LogP contribution < -0.4 is 5.32 Å². The Bertz CT molecular complexity index is 346. The fraction of sp³-hybridized carbons (Fsp3) is 0.600. The van der Waals surface area contributed by atoms with Crippen LogP contribution in [0.4, 0.5) is 0 Å². The lowest BCUT2D eigenvalue weighted by molar-refractivity contribution is 0.203. The molecule has 0 heterocycles. The zero-order valence-corrected chi connectivity index (χ0v) is 11.6. The largest absolute Gasteiger partial charge is 0.508 e. The van der Waals surface area contributed by atoms with Gasteiger partial charge in [0.2, 0.25) is 0 Å². The van der Waals surface area contributed by atoms with E-state index in [4.69, 9.17) is 5.11 Å². The Kier molecular flexibility index (Phi) is 5.63. The zero-order valence-electron chi connectivity index (χ0n) is 11.6. The molecule has 3 heteroatoms. The number of nitrogens with one attached hydrogen (secondary N) is 1. The first-order valence-corrected chi connectivity index (χ1v) is 6.55. The molecule has 3 N–H and O–H groups in total. The number of aliphatic hydroxyl groups is 1. The molecule has 102 valence electrons. The van der Waals surface area contributed by atoms with Crippen molar-refractivity contribution in [1.29, 1.82) is 0 Å². The highest BCUT2D eigenvalue weighted by Crippen LogP contribution is 2.18. The average molecular weight is 251 g/mol. The minimum absolute atomic E-state index is 0.123. The summed E-state index contributed by atoms with van der Waals surface area (Å²) in [4.78, 5) is 0. The number of phenols is 1. The van der Waals surface area contributed by atoms with Crippen LogP contribution in [0.3, 0.4) is 0 Å². The Labute approximate surface area is 110 Å². The Morgan fingerprint density at radius 3 is 2.39 bits per heavy atom. The molecule has 18 heavy (non-hydrogen) atoms. The van der Waals surface area contributed by atoms with Crippen molar-refractivity contribution < 1.29 is 10.2 Å². The van der Waals surface area contributed by atoms with E-state index >= 15 is 0 Å². The van der Waals surface area contributed by atoms with Gasteiger partial charge in [0.1, 0.15) is 5.75 Å². The van der Waals surface area contributed by atoms with Gasteiger partial charge in [-0.15, -0.1) is 0 Å². The summed E-state index contributed by atoms with van der Waals surface area (Å²) < 4.78 is 0. The molecule has 1 atom stereocenters. The van der Waals surface area contributed by atoms with Gasteiger partial charge in [0.25, 0.3) is 0 Å². The molecule has 0 aliphatic carbocycles. The zero-order chi connectivity index (χ0) is 13.6. The molecule has 1 unspecified atom stereocenters. The van der Waals surface area contributed by atoms with Crippen LogP contribution in [0.5, 0.6) is 5.75 Å². The molecule has 0 aliphatic heterocycles. The van der Waals surface area contributed by atoms with Crippen molar-refractivity contribution in [3.8, 4) is 5.75 Å². The van der Waals surface area contributed by atoms with Gasteiger partial charge >= 0.3 is 0 Å². The number of aromatic hydroxyl groups is 1. The average Bonchev–Trinajstić information content (AvgIpc) is 2.30. The summed E-state index contributed by atoms with van der Waals surface area (Å²) in [6, 6.07) is 7.72. The maximum absolute atomic E-state index is 9.22. The van der Waals surface area contributed by atoms with Crippen LogP contribution >= 0.6 is 0 Å². The van der Waals surface area contributed by atoms with Crippen molar-refractivity contribution in [1.82, 2.24) is 5.32 Å². The number of phenolic OH excluding ortho intramolecular Hbond substituents is 1. The normalized spacial score (nSPS) is 13.6. The molecule has 0 aromatic heterocycles. The number of hydrogen-bond donors (Lipinski definition) is 3. The van der Waals surface area contributed by atoms with E-state index in [0.29, 0.717) is 11.8 Å². The van der Waals surface area contributed by atoms with Crippen molar-refractivity contribution in [2.24, 2.45) is 5.41 Å². The van der Waals surface area contributed by atoms with Crippen LogP contribution in [0.25, 0.3) is 0 Å². The van der Waals surface area contributed by atoms with Gasteiger partial charge in [-0.25, -0.2) is 0 Å². The lowest BCUT2D eigenvalue weighted by Gasteiger charge is -2.26. The molecule has 0 aliphatic rings. The molecule has 0 radical (unpaired) electrons. The van der Waals surface area contributed by atoms with Crippen LogP contribution in [0.1, 0.15) is 32.8 Å². The van der Waals surface area contributed by atoms with Crippen LogP contribution in [0.15, 0.2) is 24.3 Å². The number of rotatable bonds is 7. The van der Waals surface area contributed by atoms with E-state index in [1.165, 1.54) is 5.56 Å². The maximum atomic E-state index is 9.22. The first kappa shape index (κ1) is 15.0. The van der Waals surface area contributed by atoms with Crippen LogP contribution in [-0.4, -0.2) is 29.4 Å². The third kappa shape index (κ3) is 5.52. The smallest absolute Gasteiger partial charge is 0.115 e. The standard InChI is InChI=1S/C15H25NO2/c1-12(16-11-15(2,3)8-9-17)10-13-4-6-14(18)7-5-13/h4-7,12,16-18H,8-11H2,1-3H3. The molecular formula is C15H25NO2. The Balaban J connectivity index is 2.37. The molecule has 1 aromatic rings. The monoisotopic (exact) mass is 251 g/mol. The van der Waals surface area contributed by atoms with E-state index in [1.54, 1.807) is 12.1 Å². The Morgan fingerprint density at radius 1 is 1.22 bits per heavy atom. The molecule has 1 aromatic carbocycles. The van der Waals surface area contributed by atoms with E-state index in [9.17, 15) is 5.11 Å². The molecular weight excluding hydrogens is 226 g/mol. The van der Waals surface area contributed by atoms with E-state index in [1.807, 2.05) is 12.1 Å². The van der Waals surface area contributed by atoms with Gasteiger partial charge in [-0.2, -0.15) is 0 Å². The first-order valence-electron chi connectivity index (χ1n) is 6.55. The summed E-state index contributed by atoms with van der Waals surface area (Å²) in [6.45, 7) is 7.60. The number of hydrogen-bond acceptors (Lipinski definition) is 3. The maximum Gasteiger partial charge on any atom is 0.115 e. The predicted molar refractivity (Wildman–Crippen MR) is 74.8 cm³/mol. The third-order valence-corrected chi connectivity index (χ3v) is 3.20. The topological polar surface area (TPSA) is 52.5 Å².